The molecule has 7 nitrogen and oxygen atoms in total. The second-order valence-electron chi connectivity index (χ2n) is 3.73. The molecule has 0 saturated carbocycles. The number of amides is 1. The van der Waals surface area contributed by atoms with Crippen molar-refractivity contribution in [3.8, 4) is 0 Å². The fraction of sp³-hybridized carbons (Fsp3) is 0. The Hall–Kier alpha value is -2.74. The summed E-state index contributed by atoms with van der Waals surface area (Å²) in [5.41, 5.74) is 0.145. The summed E-state index contributed by atoms with van der Waals surface area (Å²) in [6.45, 7) is 0. The molecule has 0 saturated heterocycles. The van der Waals surface area contributed by atoms with Gasteiger partial charge in [0.1, 0.15) is 4.88 Å². The van der Waals surface area contributed by atoms with E-state index >= 15 is 0 Å². The van der Waals surface area contributed by atoms with Crippen LogP contribution in [0.4, 0.5) is 10.7 Å². The summed E-state index contributed by atoms with van der Waals surface area (Å²) in [4.78, 5) is 32.6. The Balaban J connectivity index is 2.11. The number of aromatic carboxylic acids is 1. The van der Waals surface area contributed by atoms with Crippen LogP contribution >= 0.6 is 11.3 Å². The Kier molecular flexibility index (Phi) is 3.76. The number of nitro groups is 1. The van der Waals surface area contributed by atoms with Gasteiger partial charge < -0.3 is 10.4 Å². The second kappa shape index (κ2) is 5.49. The van der Waals surface area contributed by atoms with Crippen molar-refractivity contribution in [2.75, 3.05) is 5.32 Å². The van der Waals surface area contributed by atoms with Gasteiger partial charge in [-0.25, -0.2) is 4.79 Å². The first-order valence-electron chi connectivity index (χ1n) is 5.36. The van der Waals surface area contributed by atoms with Crippen LogP contribution in [0.5, 0.6) is 0 Å². The van der Waals surface area contributed by atoms with Crippen molar-refractivity contribution in [2.45, 2.75) is 0 Å². The SMILES string of the molecule is O=C(Nc1ccc(C(=O)O)s1)c1ccc([N+](=O)[O-])cc1. The minimum Gasteiger partial charge on any atom is -0.477 e. The van der Waals surface area contributed by atoms with Gasteiger partial charge in [-0.3, -0.25) is 14.9 Å². The van der Waals surface area contributed by atoms with Crippen LogP contribution in [-0.2, 0) is 0 Å². The Morgan fingerprint density at radius 3 is 2.30 bits per heavy atom. The summed E-state index contributed by atoms with van der Waals surface area (Å²) in [5, 5.41) is 22.2. The lowest BCUT2D eigenvalue weighted by Gasteiger charge is -2.01. The summed E-state index contributed by atoms with van der Waals surface area (Å²) < 4.78 is 0. The number of hydrogen-bond acceptors (Lipinski definition) is 5. The summed E-state index contributed by atoms with van der Waals surface area (Å²) in [6, 6.07) is 7.99. The van der Waals surface area contributed by atoms with Crippen molar-refractivity contribution >= 4 is 33.9 Å². The van der Waals surface area contributed by atoms with Crippen LogP contribution in [0.1, 0.15) is 20.0 Å². The van der Waals surface area contributed by atoms with Crippen molar-refractivity contribution in [3.63, 3.8) is 0 Å². The number of nitro benzene ring substituents is 1. The number of non-ortho nitro benzene ring substituents is 1. The molecule has 1 aromatic heterocycles. The lowest BCUT2D eigenvalue weighted by Crippen LogP contribution is -2.10. The molecule has 2 rings (SSSR count). The zero-order valence-corrected chi connectivity index (χ0v) is 10.7. The number of nitrogens with one attached hydrogen (secondary N) is 1. The number of rotatable bonds is 4. The highest BCUT2D eigenvalue weighted by molar-refractivity contribution is 7.18. The first-order valence-corrected chi connectivity index (χ1v) is 6.18. The van der Waals surface area contributed by atoms with Gasteiger partial charge in [-0.15, -0.1) is 11.3 Å². The maximum atomic E-state index is 11.9. The molecule has 0 atom stereocenters. The van der Waals surface area contributed by atoms with Gasteiger partial charge in [-0.2, -0.15) is 0 Å². The Bertz CT molecular complexity index is 677. The molecule has 1 heterocycles. The number of carboxylic acid groups (broad SMARTS) is 1. The standard InChI is InChI=1S/C12H8N2O5S/c15-11(7-1-3-8(4-2-7)14(18)19)13-10-6-5-9(20-10)12(16)17/h1-6H,(H,13,15)(H,16,17). The quantitative estimate of drug-likeness (QED) is 0.665. The van der Waals surface area contributed by atoms with Gasteiger partial charge in [0.25, 0.3) is 11.6 Å². The molecule has 20 heavy (non-hydrogen) atoms. The number of anilines is 1. The van der Waals surface area contributed by atoms with E-state index in [2.05, 4.69) is 5.32 Å². The smallest absolute Gasteiger partial charge is 0.345 e. The van der Waals surface area contributed by atoms with E-state index in [1.54, 1.807) is 0 Å². The van der Waals surface area contributed by atoms with Crippen LogP contribution in [0.15, 0.2) is 36.4 Å². The molecule has 1 aromatic carbocycles. The van der Waals surface area contributed by atoms with Crippen molar-refractivity contribution in [1.82, 2.24) is 0 Å². The number of carbonyl (C=O) groups is 2. The molecule has 2 aromatic rings. The van der Waals surface area contributed by atoms with E-state index in [1.165, 1.54) is 36.4 Å². The van der Waals surface area contributed by atoms with Crippen LogP contribution in [0.25, 0.3) is 0 Å². The fourth-order valence-electron chi connectivity index (χ4n) is 1.44. The second-order valence-corrected chi connectivity index (χ2v) is 4.81. The van der Waals surface area contributed by atoms with Gasteiger partial charge in [0, 0.05) is 17.7 Å². The molecule has 0 spiro atoms. The summed E-state index contributed by atoms with van der Waals surface area (Å²) in [7, 11) is 0. The maximum absolute atomic E-state index is 11.9. The molecule has 2 N–H and O–H groups in total. The first kappa shape index (κ1) is 13.7. The van der Waals surface area contributed by atoms with Gasteiger partial charge >= 0.3 is 5.97 Å². The number of carboxylic acids is 1. The molecule has 0 aliphatic heterocycles. The van der Waals surface area contributed by atoms with Crippen LogP contribution in [0.3, 0.4) is 0 Å². The molecular weight excluding hydrogens is 284 g/mol. The summed E-state index contributed by atoms with van der Waals surface area (Å²) in [5.74, 6) is -1.52. The van der Waals surface area contributed by atoms with Gasteiger partial charge in [0.15, 0.2) is 0 Å². The number of benzene rings is 1. The molecule has 0 bridgehead atoms. The van der Waals surface area contributed by atoms with E-state index in [9.17, 15) is 19.7 Å². The molecule has 8 heteroatoms. The average molecular weight is 292 g/mol. The molecule has 1 amide bonds. The van der Waals surface area contributed by atoms with Gasteiger partial charge in [-0.05, 0) is 24.3 Å². The first-order chi connectivity index (χ1) is 9.47. The molecule has 102 valence electrons. The lowest BCUT2D eigenvalue weighted by molar-refractivity contribution is -0.384. The zero-order chi connectivity index (χ0) is 14.7. The average Bonchev–Trinajstić information content (AvgIpc) is 2.87. The highest BCUT2D eigenvalue weighted by Gasteiger charge is 2.12. The number of nitrogens with zero attached hydrogens (tertiary/aromatic N) is 1. The third kappa shape index (κ3) is 2.98. The number of thiophene rings is 1. The monoisotopic (exact) mass is 292 g/mol. The highest BCUT2D eigenvalue weighted by atomic mass is 32.1. The topological polar surface area (TPSA) is 110 Å². The van der Waals surface area contributed by atoms with Crippen molar-refractivity contribution < 1.29 is 19.6 Å². The summed E-state index contributed by atoms with van der Waals surface area (Å²) in [6.07, 6.45) is 0. The van der Waals surface area contributed by atoms with Crippen molar-refractivity contribution in [2.24, 2.45) is 0 Å². The van der Waals surface area contributed by atoms with E-state index in [4.69, 9.17) is 5.11 Å². The molecular formula is C12H8N2O5S. The highest BCUT2D eigenvalue weighted by Crippen LogP contribution is 2.22. The lowest BCUT2D eigenvalue weighted by atomic mass is 10.2. The molecule has 0 fully saturated rings. The Morgan fingerprint density at radius 1 is 1.15 bits per heavy atom. The van der Waals surface area contributed by atoms with E-state index in [1.807, 2.05) is 0 Å². The Labute approximate surface area is 116 Å². The van der Waals surface area contributed by atoms with Crippen molar-refractivity contribution in [1.29, 1.82) is 0 Å². The van der Waals surface area contributed by atoms with Gasteiger partial charge in [0.05, 0.1) is 9.92 Å². The maximum Gasteiger partial charge on any atom is 0.345 e. The predicted octanol–water partition coefficient (Wildman–Crippen LogP) is 2.61. The van der Waals surface area contributed by atoms with Crippen LogP contribution in [-0.4, -0.2) is 21.9 Å². The van der Waals surface area contributed by atoms with E-state index < -0.39 is 16.8 Å². The normalized spacial score (nSPS) is 10.0. The van der Waals surface area contributed by atoms with Gasteiger partial charge in [-0.1, -0.05) is 0 Å². The fourth-order valence-corrected chi connectivity index (χ4v) is 2.18. The predicted molar refractivity (Wildman–Crippen MR) is 72.3 cm³/mol. The molecule has 0 aliphatic rings. The molecule has 0 radical (unpaired) electrons. The minimum atomic E-state index is -1.06. The van der Waals surface area contributed by atoms with Crippen LogP contribution in [0, 0.1) is 10.1 Å². The third-order valence-corrected chi connectivity index (χ3v) is 3.38. The van der Waals surface area contributed by atoms with E-state index in [0.29, 0.717) is 5.00 Å². The Morgan fingerprint density at radius 2 is 1.80 bits per heavy atom. The van der Waals surface area contributed by atoms with Crippen LogP contribution < -0.4 is 5.32 Å². The minimum absolute atomic E-state index is 0.106. The molecule has 0 unspecified atom stereocenters. The van der Waals surface area contributed by atoms with Crippen molar-refractivity contribution in [3.05, 3.63) is 57.0 Å². The van der Waals surface area contributed by atoms with Crippen LogP contribution in [0.2, 0.25) is 0 Å². The number of hydrogen-bond donors (Lipinski definition) is 2. The van der Waals surface area contributed by atoms with Gasteiger partial charge in [0.2, 0.25) is 0 Å². The number of carbonyl (C=O) groups excluding carboxylic acids is 1. The van der Waals surface area contributed by atoms with E-state index in [0.717, 1.165) is 11.3 Å². The van der Waals surface area contributed by atoms with E-state index in [-0.39, 0.29) is 16.1 Å². The largest absolute Gasteiger partial charge is 0.477 e. The molecule has 0 aliphatic carbocycles. The third-order valence-electron chi connectivity index (χ3n) is 2.39. The summed E-state index contributed by atoms with van der Waals surface area (Å²) >= 11 is 0.932. The zero-order valence-electron chi connectivity index (χ0n) is 9.90.